The second kappa shape index (κ2) is 8.30. The van der Waals surface area contributed by atoms with Crippen LogP contribution in [-0.4, -0.2) is 45.2 Å². The molecule has 2 heterocycles. The summed E-state index contributed by atoms with van der Waals surface area (Å²) in [7, 11) is 1.47. The van der Waals surface area contributed by atoms with E-state index in [1.54, 1.807) is 19.1 Å². The van der Waals surface area contributed by atoms with Crippen LogP contribution in [0.4, 0.5) is 5.82 Å². The number of nitrogens with zero attached hydrogens (tertiary/aromatic N) is 4. The molecular weight excluding hydrogens is 362 g/mol. The number of hydrogen-bond acceptors (Lipinski definition) is 6. The summed E-state index contributed by atoms with van der Waals surface area (Å²) in [5.74, 6) is -0.0194. The first-order chi connectivity index (χ1) is 13.4. The molecule has 0 saturated heterocycles. The summed E-state index contributed by atoms with van der Waals surface area (Å²) in [6.45, 7) is 1.23. The fourth-order valence-electron chi connectivity index (χ4n) is 2.49. The van der Waals surface area contributed by atoms with Gasteiger partial charge in [0.15, 0.2) is 5.82 Å². The topological polar surface area (TPSA) is 110 Å². The summed E-state index contributed by atoms with van der Waals surface area (Å²) >= 11 is 0. The maximum atomic E-state index is 12.4. The fourth-order valence-corrected chi connectivity index (χ4v) is 2.49. The molecule has 144 valence electrons. The summed E-state index contributed by atoms with van der Waals surface area (Å²) in [4.78, 5) is 37.7. The number of benzene rings is 1. The molecule has 9 nitrogen and oxygen atoms in total. The third kappa shape index (κ3) is 4.70. The molecule has 0 aliphatic rings. The predicted octanol–water partition coefficient (Wildman–Crippen LogP) is 1.30. The summed E-state index contributed by atoms with van der Waals surface area (Å²) in [5, 5.41) is 10.4. The Morgan fingerprint density at radius 3 is 2.61 bits per heavy atom. The van der Waals surface area contributed by atoms with E-state index >= 15 is 0 Å². The zero-order valence-corrected chi connectivity index (χ0v) is 15.5. The zero-order valence-electron chi connectivity index (χ0n) is 15.5. The van der Waals surface area contributed by atoms with Crippen LogP contribution in [0.25, 0.3) is 11.3 Å². The van der Waals surface area contributed by atoms with Crippen molar-refractivity contribution in [1.29, 1.82) is 0 Å². The molecule has 2 aromatic heterocycles. The van der Waals surface area contributed by atoms with Crippen molar-refractivity contribution in [2.45, 2.75) is 13.5 Å². The molecule has 1 aromatic carbocycles. The van der Waals surface area contributed by atoms with Crippen molar-refractivity contribution in [3.8, 4) is 11.3 Å². The Morgan fingerprint density at radius 1 is 1.18 bits per heavy atom. The lowest BCUT2D eigenvalue weighted by atomic mass is 10.1. The largest absolute Gasteiger partial charge is 0.360 e. The highest BCUT2D eigenvalue weighted by atomic mass is 16.5. The highest BCUT2D eigenvalue weighted by Gasteiger charge is 2.16. The molecule has 3 rings (SSSR count). The highest BCUT2D eigenvalue weighted by molar-refractivity contribution is 5.93. The van der Waals surface area contributed by atoms with Crippen molar-refractivity contribution >= 4 is 17.6 Å². The summed E-state index contributed by atoms with van der Waals surface area (Å²) < 4.78 is 5.95. The highest BCUT2D eigenvalue weighted by Crippen LogP contribution is 2.14. The number of aromatic nitrogens is 3. The van der Waals surface area contributed by atoms with E-state index in [0.29, 0.717) is 11.5 Å². The third-order valence-electron chi connectivity index (χ3n) is 3.92. The lowest BCUT2D eigenvalue weighted by molar-refractivity contribution is -0.134. The van der Waals surface area contributed by atoms with Crippen molar-refractivity contribution in [1.82, 2.24) is 19.8 Å². The minimum Gasteiger partial charge on any atom is -0.360 e. The van der Waals surface area contributed by atoms with E-state index in [9.17, 15) is 14.4 Å². The van der Waals surface area contributed by atoms with E-state index < -0.39 is 17.4 Å². The van der Waals surface area contributed by atoms with Crippen molar-refractivity contribution in [3.05, 3.63) is 64.6 Å². The van der Waals surface area contributed by atoms with Gasteiger partial charge < -0.3 is 14.7 Å². The van der Waals surface area contributed by atoms with Crippen LogP contribution in [0.1, 0.15) is 5.76 Å². The molecule has 0 bridgehead atoms. The predicted molar refractivity (Wildman–Crippen MR) is 101 cm³/mol. The molecule has 0 fully saturated rings. The lowest BCUT2D eigenvalue weighted by Crippen LogP contribution is -2.39. The van der Waals surface area contributed by atoms with Crippen LogP contribution in [0.2, 0.25) is 0 Å². The van der Waals surface area contributed by atoms with Gasteiger partial charge in [0.1, 0.15) is 12.3 Å². The molecule has 0 aliphatic carbocycles. The average molecular weight is 381 g/mol. The monoisotopic (exact) mass is 381 g/mol. The molecule has 0 radical (unpaired) electrons. The Balaban J connectivity index is 1.65. The molecule has 0 aliphatic heterocycles. The normalized spacial score (nSPS) is 10.5. The van der Waals surface area contributed by atoms with Crippen molar-refractivity contribution in [2.24, 2.45) is 0 Å². The van der Waals surface area contributed by atoms with Crippen molar-refractivity contribution < 1.29 is 14.1 Å². The first-order valence-corrected chi connectivity index (χ1v) is 8.53. The van der Waals surface area contributed by atoms with Gasteiger partial charge in [-0.25, -0.2) is 4.68 Å². The van der Waals surface area contributed by atoms with Gasteiger partial charge in [-0.15, -0.1) is 0 Å². The number of hydrogen-bond donors (Lipinski definition) is 1. The van der Waals surface area contributed by atoms with E-state index in [-0.39, 0.29) is 18.9 Å². The molecule has 0 spiro atoms. The quantitative estimate of drug-likeness (QED) is 0.689. The van der Waals surface area contributed by atoms with E-state index in [1.165, 1.54) is 18.0 Å². The van der Waals surface area contributed by atoms with E-state index in [0.717, 1.165) is 10.2 Å². The van der Waals surface area contributed by atoms with Crippen LogP contribution in [0.3, 0.4) is 0 Å². The summed E-state index contributed by atoms with van der Waals surface area (Å²) in [5.41, 5.74) is 1.01. The Morgan fingerprint density at radius 2 is 1.93 bits per heavy atom. The van der Waals surface area contributed by atoms with Gasteiger partial charge in [-0.2, -0.15) is 5.10 Å². The molecule has 3 aromatic rings. The minimum absolute atomic E-state index is 0.197. The molecule has 2 amide bonds. The summed E-state index contributed by atoms with van der Waals surface area (Å²) in [6, 6.07) is 13.9. The van der Waals surface area contributed by atoms with Crippen LogP contribution < -0.4 is 10.9 Å². The van der Waals surface area contributed by atoms with Crippen LogP contribution in [0, 0.1) is 6.92 Å². The Labute approximate surface area is 160 Å². The Bertz CT molecular complexity index is 1040. The van der Waals surface area contributed by atoms with E-state index in [1.807, 2.05) is 30.3 Å². The van der Waals surface area contributed by atoms with Gasteiger partial charge in [-0.3, -0.25) is 14.4 Å². The lowest BCUT2D eigenvalue weighted by Gasteiger charge is -2.16. The number of likely N-dealkylation sites (N-methyl/N-ethyl adjacent to an activating group) is 1. The zero-order chi connectivity index (χ0) is 20.1. The molecule has 0 saturated carbocycles. The number of aryl methyl sites for hydroxylation is 1. The Kier molecular flexibility index (Phi) is 5.64. The van der Waals surface area contributed by atoms with Gasteiger partial charge in [-0.05, 0) is 13.0 Å². The second-order valence-corrected chi connectivity index (χ2v) is 6.20. The number of carbonyl (C=O) groups is 2. The third-order valence-corrected chi connectivity index (χ3v) is 3.92. The van der Waals surface area contributed by atoms with Crippen molar-refractivity contribution in [2.75, 3.05) is 18.9 Å². The van der Waals surface area contributed by atoms with Crippen LogP contribution in [0.5, 0.6) is 0 Å². The van der Waals surface area contributed by atoms with Gasteiger partial charge >= 0.3 is 0 Å². The summed E-state index contributed by atoms with van der Waals surface area (Å²) in [6.07, 6.45) is 0. The van der Waals surface area contributed by atoms with Crippen LogP contribution in [0.15, 0.2) is 57.8 Å². The number of nitrogens with one attached hydrogen (secondary N) is 1. The maximum Gasteiger partial charge on any atom is 0.267 e. The first kappa shape index (κ1) is 19.0. The van der Waals surface area contributed by atoms with Crippen molar-refractivity contribution in [3.63, 3.8) is 0 Å². The molecule has 28 heavy (non-hydrogen) atoms. The number of carbonyl (C=O) groups excluding carboxylic acids is 2. The van der Waals surface area contributed by atoms with Gasteiger partial charge in [0, 0.05) is 24.7 Å². The molecular formula is C19H19N5O4. The minimum atomic E-state index is -0.428. The number of rotatable bonds is 6. The van der Waals surface area contributed by atoms with E-state index in [2.05, 4.69) is 15.6 Å². The SMILES string of the molecule is Cc1cc(NC(=O)CN(C)C(=O)Cn2nc(-c3ccccc3)ccc2=O)no1. The second-order valence-electron chi connectivity index (χ2n) is 6.20. The van der Waals surface area contributed by atoms with Gasteiger partial charge in [0.2, 0.25) is 11.8 Å². The maximum absolute atomic E-state index is 12.4. The number of amides is 2. The molecule has 0 atom stereocenters. The van der Waals surface area contributed by atoms with Gasteiger partial charge in [0.25, 0.3) is 5.56 Å². The molecule has 9 heteroatoms. The average Bonchev–Trinajstić information content (AvgIpc) is 3.08. The van der Waals surface area contributed by atoms with Crippen LogP contribution in [-0.2, 0) is 16.1 Å². The van der Waals surface area contributed by atoms with Gasteiger partial charge in [-0.1, -0.05) is 35.5 Å². The smallest absolute Gasteiger partial charge is 0.267 e. The van der Waals surface area contributed by atoms with E-state index in [4.69, 9.17) is 4.52 Å². The fraction of sp³-hybridized carbons (Fsp3) is 0.211. The molecule has 0 unspecified atom stereocenters. The number of anilines is 1. The van der Waals surface area contributed by atoms with Gasteiger partial charge in [0.05, 0.1) is 12.2 Å². The Hall–Kier alpha value is -3.75. The molecule has 1 N–H and O–H groups in total. The standard InChI is InChI=1S/C19H19N5O4/c1-13-10-16(22-28-13)20-17(25)11-23(2)19(27)12-24-18(26)9-8-15(21-24)14-6-4-3-5-7-14/h3-10H,11-12H2,1-2H3,(H,20,22,25). The van der Waals surface area contributed by atoms with Crippen LogP contribution >= 0.6 is 0 Å². The first-order valence-electron chi connectivity index (χ1n) is 8.53.